The molecule has 0 saturated carbocycles. The van der Waals surface area contributed by atoms with Crippen molar-refractivity contribution in [2.45, 2.75) is 59.0 Å². The van der Waals surface area contributed by atoms with E-state index < -0.39 is 6.04 Å². The lowest BCUT2D eigenvalue weighted by molar-refractivity contribution is -0.141. The SMILES string of the molecule is CCCNC(=O)[C@H](Cc1ccccc1)N(Cc1cccc(Br)c1)C(=O)CCc1ccc(OCC)c(OCC)c1. The topological polar surface area (TPSA) is 67.9 Å². The molecule has 0 aliphatic heterocycles. The van der Waals surface area contributed by atoms with Crippen LogP contribution in [0.15, 0.2) is 77.3 Å². The van der Waals surface area contributed by atoms with Crippen molar-refractivity contribution in [3.05, 3.63) is 94.0 Å². The maximum atomic E-state index is 13.9. The van der Waals surface area contributed by atoms with Crippen molar-refractivity contribution in [1.29, 1.82) is 0 Å². The first kappa shape index (κ1) is 30.2. The number of carbonyl (C=O) groups excluding carboxylic acids is 2. The highest BCUT2D eigenvalue weighted by atomic mass is 79.9. The molecule has 0 spiro atoms. The molecule has 0 aliphatic carbocycles. The largest absolute Gasteiger partial charge is 0.490 e. The summed E-state index contributed by atoms with van der Waals surface area (Å²) in [7, 11) is 0. The summed E-state index contributed by atoms with van der Waals surface area (Å²) in [6.07, 6.45) is 2.05. The number of rotatable bonds is 15. The lowest BCUT2D eigenvalue weighted by atomic mass is 10.0. The first-order valence-electron chi connectivity index (χ1n) is 13.7. The Bertz CT molecular complexity index is 1200. The number of nitrogens with one attached hydrogen (secondary N) is 1. The van der Waals surface area contributed by atoms with Crippen LogP contribution in [0.25, 0.3) is 0 Å². The van der Waals surface area contributed by atoms with Gasteiger partial charge in [0, 0.05) is 30.4 Å². The Kier molecular flexibility index (Phi) is 12.4. The Hall–Kier alpha value is -3.32. The van der Waals surface area contributed by atoms with Crippen LogP contribution in [-0.2, 0) is 29.0 Å². The van der Waals surface area contributed by atoms with Crippen molar-refractivity contribution in [1.82, 2.24) is 10.2 Å². The smallest absolute Gasteiger partial charge is 0.243 e. The van der Waals surface area contributed by atoms with Gasteiger partial charge < -0.3 is 19.7 Å². The van der Waals surface area contributed by atoms with Gasteiger partial charge in [0.1, 0.15) is 6.04 Å². The van der Waals surface area contributed by atoms with Crippen LogP contribution in [0.5, 0.6) is 11.5 Å². The second kappa shape index (κ2) is 15.9. The number of halogens is 1. The number of carbonyl (C=O) groups is 2. The van der Waals surface area contributed by atoms with E-state index in [1.165, 1.54) is 0 Å². The Morgan fingerprint density at radius 3 is 2.26 bits per heavy atom. The van der Waals surface area contributed by atoms with E-state index in [-0.39, 0.29) is 18.2 Å². The summed E-state index contributed by atoms with van der Waals surface area (Å²) >= 11 is 3.54. The summed E-state index contributed by atoms with van der Waals surface area (Å²) in [4.78, 5) is 29.1. The van der Waals surface area contributed by atoms with Gasteiger partial charge in [0.05, 0.1) is 13.2 Å². The van der Waals surface area contributed by atoms with Gasteiger partial charge in [-0.2, -0.15) is 0 Å². The molecule has 0 aliphatic rings. The van der Waals surface area contributed by atoms with E-state index in [1.54, 1.807) is 4.90 Å². The highest BCUT2D eigenvalue weighted by Crippen LogP contribution is 2.29. The summed E-state index contributed by atoms with van der Waals surface area (Å²) in [5, 5.41) is 3.03. The number of aryl methyl sites for hydroxylation is 1. The molecule has 3 rings (SSSR count). The average Bonchev–Trinajstić information content (AvgIpc) is 2.94. The molecule has 1 atom stereocenters. The van der Waals surface area contributed by atoms with Crippen molar-refractivity contribution >= 4 is 27.7 Å². The minimum Gasteiger partial charge on any atom is -0.490 e. The molecule has 3 aromatic carbocycles. The van der Waals surface area contributed by atoms with E-state index >= 15 is 0 Å². The molecule has 39 heavy (non-hydrogen) atoms. The molecule has 0 aromatic heterocycles. The second-order valence-corrected chi connectivity index (χ2v) is 10.2. The quantitative estimate of drug-likeness (QED) is 0.223. The van der Waals surface area contributed by atoms with Gasteiger partial charge in [0.2, 0.25) is 11.8 Å². The van der Waals surface area contributed by atoms with Gasteiger partial charge in [-0.3, -0.25) is 9.59 Å². The summed E-state index contributed by atoms with van der Waals surface area (Å²) in [5.74, 6) is 1.16. The number of amides is 2. The van der Waals surface area contributed by atoms with Gasteiger partial charge in [0.15, 0.2) is 11.5 Å². The minimum atomic E-state index is -0.634. The number of benzene rings is 3. The molecule has 1 N–H and O–H groups in total. The van der Waals surface area contributed by atoms with Gasteiger partial charge >= 0.3 is 0 Å². The maximum absolute atomic E-state index is 13.9. The summed E-state index contributed by atoms with van der Waals surface area (Å²) in [6.45, 7) is 7.86. The highest BCUT2D eigenvalue weighted by molar-refractivity contribution is 9.10. The van der Waals surface area contributed by atoms with Gasteiger partial charge in [0.25, 0.3) is 0 Å². The fourth-order valence-corrected chi connectivity index (χ4v) is 4.84. The normalized spacial score (nSPS) is 11.5. The van der Waals surface area contributed by atoms with Crippen molar-refractivity contribution in [2.75, 3.05) is 19.8 Å². The molecule has 7 heteroatoms. The number of hydrogen-bond acceptors (Lipinski definition) is 4. The van der Waals surface area contributed by atoms with Crippen LogP contribution in [0.2, 0.25) is 0 Å². The molecule has 0 radical (unpaired) electrons. The molecule has 3 aromatic rings. The van der Waals surface area contributed by atoms with Crippen LogP contribution in [0.4, 0.5) is 0 Å². The van der Waals surface area contributed by atoms with Crippen LogP contribution in [0.1, 0.15) is 50.3 Å². The Morgan fingerprint density at radius 1 is 0.846 bits per heavy atom. The Labute approximate surface area is 240 Å². The molecule has 0 unspecified atom stereocenters. The standard InChI is InChI=1S/C32H39BrN2O4/c1-4-19-34-32(37)28(21-24-11-8-7-9-12-24)35(23-26-13-10-14-27(33)20-26)31(36)18-16-25-15-17-29(38-5-2)30(22-25)39-6-3/h7-15,17,20,22,28H,4-6,16,18-19,21,23H2,1-3H3,(H,34,37)/t28-/m0/s1. The fourth-order valence-electron chi connectivity index (χ4n) is 4.40. The zero-order valence-corrected chi connectivity index (χ0v) is 24.7. The summed E-state index contributed by atoms with van der Waals surface area (Å²) < 4.78 is 12.4. The van der Waals surface area contributed by atoms with Crippen LogP contribution < -0.4 is 14.8 Å². The van der Waals surface area contributed by atoms with Gasteiger partial charge in [-0.25, -0.2) is 0 Å². The van der Waals surface area contributed by atoms with Gasteiger partial charge in [-0.05, 0) is 67.6 Å². The minimum absolute atomic E-state index is 0.0746. The predicted octanol–water partition coefficient (Wildman–Crippen LogP) is 6.35. The third kappa shape index (κ3) is 9.43. The number of ether oxygens (including phenoxy) is 2. The molecule has 0 bridgehead atoms. The molecular formula is C32H39BrN2O4. The van der Waals surface area contributed by atoms with Crippen LogP contribution in [-0.4, -0.2) is 42.5 Å². The molecule has 2 amide bonds. The number of hydrogen-bond donors (Lipinski definition) is 1. The van der Waals surface area contributed by atoms with Crippen molar-refractivity contribution in [3.8, 4) is 11.5 Å². The van der Waals surface area contributed by atoms with E-state index in [9.17, 15) is 9.59 Å². The Balaban J connectivity index is 1.88. The molecule has 0 fully saturated rings. The molecular weight excluding hydrogens is 556 g/mol. The summed E-state index contributed by atoms with van der Waals surface area (Å²) in [5.41, 5.74) is 2.94. The Morgan fingerprint density at radius 2 is 1.56 bits per heavy atom. The van der Waals surface area contributed by atoms with Crippen molar-refractivity contribution < 1.29 is 19.1 Å². The molecule has 0 heterocycles. The zero-order valence-electron chi connectivity index (χ0n) is 23.1. The van der Waals surface area contributed by atoms with E-state index in [1.807, 2.05) is 93.6 Å². The third-order valence-electron chi connectivity index (χ3n) is 6.30. The predicted molar refractivity (Wildman–Crippen MR) is 159 cm³/mol. The average molecular weight is 596 g/mol. The lowest BCUT2D eigenvalue weighted by Crippen LogP contribution is -2.50. The van der Waals surface area contributed by atoms with Gasteiger partial charge in [-0.15, -0.1) is 0 Å². The zero-order chi connectivity index (χ0) is 28.0. The fraction of sp³-hybridized carbons (Fsp3) is 0.375. The van der Waals surface area contributed by atoms with Crippen molar-refractivity contribution in [3.63, 3.8) is 0 Å². The van der Waals surface area contributed by atoms with E-state index in [0.717, 1.165) is 27.6 Å². The molecule has 6 nitrogen and oxygen atoms in total. The van der Waals surface area contributed by atoms with E-state index in [2.05, 4.69) is 21.2 Å². The van der Waals surface area contributed by atoms with E-state index in [4.69, 9.17) is 9.47 Å². The maximum Gasteiger partial charge on any atom is 0.243 e. The highest BCUT2D eigenvalue weighted by Gasteiger charge is 2.30. The second-order valence-electron chi connectivity index (χ2n) is 9.30. The molecule has 0 saturated heterocycles. The van der Waals surface area contributed by atoms with Gasteiger partial charge in [-0.1, -0.05) is 71.4 Å². The third-order valence-corrected chi connectivity index (χ3v) is 6.79. The first-order chi connectivity index (χ1) is 18.9. The van der Waals surface area contributed by atoms with Crippen molar-refractivity contribution in [2.24, 2.45) is 0 Å². The monoisotopic (exact) mass is 594 g/mol. The first-order valence-corrected chi connectivity index (χ1v) is 14.5. The summed E-state index contributed by atoms with van der Waals surface area (Å²) in [6, 6.07) is 22.9. The van der Waals surface area contributed by atoms with Crippen LogP contribution in [0.3, 0.4) is 0 Å². The van der Waals surface area contributed by atoms with Crippen LogP contribution in [0, 0.1) is 0 Å². The van der Waals surface area contributed by atoms with E-state index in [0.29, 0.717) is 50.6 Å². The lowest BCUT2D eigenvalue weighted by Gasteiger charge is -2.32. The number of nitrogens with zero attached hydrogens (tertiary/aromatic N) is 1. The molecule has 208 valence electrons. The van der Waals surface area contributed by atoms with Crippen LogP contribution >= 0.6 is 15.9 Å².